The fourth-order valence-corrected chi connectivity index (χ4v) is 12.5. The summed E-state index contributed by atoms with van der Waals surface area (Å²) < 4.78 is 14.7. The van der Waals surface area contributed by atoms with Gasteiger partial charge in [-0.05, 0) is 136 Å². The molecular weight excluding hydrogens is 1060 g/mol. The normalized spacial score (nSPS) is 22.0. The number of H-pyrrole nitrogens is 1. The van der Waals surface area contributed by atoms with Gasteiger partial charge in [0.05, 0.1) is 11.0 Å². The number of hydrogen-bond acceptors (Lipinski definition) is 11. The molecule has 1 aliphatic carbocycles. The SMILES string of the molecule is CC(C)c1ccc(CNC(=O)[C@H](CCC(N)=O)NC(=O)[C@@H]2CC[C@@H]3CCN(C(=O)C4CCC(CCc5ccc6c(c5)n(C)c(=O)n6C5CCC(=O)NC5=O)CC4)C[C@H](NC(=O)c4cc5cc(C(=O)P(=O)(O)O)ccc5[nH]4)C(=O)N32)cc1. The van der Waals surface area contributed by atoms with Crippen LogP contribution in [0.4, 0.5) is 0 Å². The van der Waals surface area contributed by atoms with Gasteiger partial charge in [-0.25, -0.2) is 4.79 Å². The van der Waals surface area contributed by atoms with E-state index in [9.17, 15) is 57.5 Å². The molecule has 0 bridgehead atoms. The molecular formula is C57H69N10O13P. The summed E-state index contributed by atoms with van der Waals surface area (Å²) in [6.45, 7) is 4.25. The van der Waals surface area contributed by atoms with Gasteiger partial charge >= 0.3 is 13.3 Å². The number of aryl methyl sites for hydroxylation is 2. The first kappa shape index (κ1) is 57.9. The number of primary amides is 1. The Bertz CT molecular complexity index is 3430. The lowest BCUT2D eigenvalue weighted by molar-refractivity contribution is -0.147. The number of aromatic amines is 1. The van der Waals surface area contributed by atoms with Crippen LogP contribution in [0.25, 0.3) is 21.9 Å². The molecule has 1 saturated carbocycles. The van der Waals surface area contributed by atoms with Crippen LogP contribution in [0, 0.1) is 11.8 Å². The van der Waals surface area contributed by atoms with Crippen LogP contribution in [-0.4, -0.2) is 124 Å². The van der Waals surface area contributed by atoms with Crippen molar-refractivity contribution < 1.29 is 57.5 Å². The third-order valence-electron chi connectivity index (χ3n) is 16.6. The molecule has 8 amide bonds. The number of piperidine rings is 1. The minimum atomic E-state index is -5.12. The number of nitrogens with zero attached hydrogens (tertiary/aromatic N) is 4. The van der Waals surface area contributed by atoms with E-state index in [2.05, 4.69) is 40.1 Å². The fraction of sp³-hybridized carbons (Fsp3) is 0.474. The monoisotopic (exact) mass is 1130 g/mol. The van der Waals surface area contributed by atoms with Gasteiger partial charge in [-0.2, -0.15) is 0 Å². The number of benzene rings is 3. The number of fused-ring (bicyclic) bond motifs is 3. The highest BCUT2D eigenvalue weighted by Crippen LogP contribution is 2.40. The van der Waals surface area contributed by atoms with Gasteiger partial charge in [-0.15, -0.1) is 0 Å². The fourth-order valence-electron chi connectivity index (χ4n) is 12.0. The number of nitrogens with two attached hydrogens (primary N) is 1. The maximum absolute atomic E-state index is 15.1. The molecule has 3 aromatic carbocycles. The predicted molar refractivity (Wildman–Crippen MR) is 296 cm³/mol. The Kier molecular flexibility index (Phi) is 17.3. The molecule has 5 atom stereocenters. The molecule has 24 heteroatoms. The van der Waals surface area contributed by atoms with E-state index in [1.807, 2.05) is 42.5 Å². The van der Waals surface area contributed by atoms with Gasteiger partial charge in [0.1, 0.15) is 29.9 Å². The molecule has 23 nitrogen and oxygen atoms in total. The van der Waals surface area contributed by atoms with Crippen molar-refractivity contribution in [3.8, 4) is 0 Å². The highest BCUT2D eigenvalue weighted by molar-refractivity contribution is 7.70. The minimum absolute atomic E-state index is 0.0575. The van der Waals surface area contributed by atoms with Crippen molar-refractivity contribution >= 4 is 82.3 Å². The first-order valence-electron chi connectivity index (χ1n) is 27.7. The molecule has 0 spiro atoms. The molecule has 5 aromatic rings. The van der Waals surface area contributed by atoms with Crippen molar-refractivity contribution in [1.82, 2.24) is 45.2 Å². The van der Waals surface area contributed by atoms with E-state index < -0.39 is 78.8 Å². The van der Waals surface area contributed by atoms with Gasteiger partial charge in [-0.1, -0.05) is 44.2 Å². The van der Waals surface area contributed by atoms with Crippen LogP contribution in [0.15, 0.2) is 71.5 Å². The Balaban J connectivity index is 0.890. The van der Waals surface area contributed by atoms with E-state index in [0.717, 1.165) is 36.0 Å². The van der Waals surface area contributed by atoms with Crippen molar-refractivity contribution in [3.63, 3.8) is 0 Å². The molecule has 0 radical (unpaired) electrons. The van der Waals surface area contributed by atoms with Crippen molar-refractivity contribution in [1.29, 1.82) is 0 Å². The van der Waals surface area contributed by atoms with E-state index in [1.165, 1.54) is 38.3 Å². The van der Waals surface area contributed by atoms with Crippen LogP contribution >= 0.6 is 7.60 Å². The quantitative estimate of drug-likeness (QED) is 0.0461. The molecule has 2 aromatic heterocycles. The molecule has 81 heavy (non-hydrogen) atoms. The van der Waals surface area contributed by atoms with E-state index in [4.69, 9.17) is 5.73 Å². The molecule has 9 N–H and O–H groups in total. The molecule has 5 heterocycles. The van der Waals surface area contributed by atoms with Gasteiger partial charge in [0, 0.05) is 67.9 Å². The van der Waals surface area contributed by atoms with Crippen molar-refractivity contribution in [3.05, 3.63) is 105 Å². The summed E-state index contributed by atoms with van der Waals surface area (Å²) in [7, 11) is -3.47. The third kappa shape index (κ3) is 12.9. The molecule has 3 aliphatic heterocycles. The summed E-state index contributed by atoms with van der Waals surface area (Å²) in [4.78, 5) is 159. The van der Waals surface area contributed by atoms with E-state index >= 15 is 4.79 Å². The standard InChI is InChI=1S/C57H69N10O13P/c1-31(2)35-11-8-34(9-12-35)29-59-50(70)41(18-22-48(58)68)61-52(72)45-20-16-39-24-25-65(30-43(55(75)66(39)45)62-51(71)42-28-38-27-37(15-17-40(38)60-42)56(76)81(78,79)80)54(74)36-13-6-32(7-14-36)4-5-33-10-19-44-47(26-33)64(3)57(77)67(44)46-21-23-49(69)63-53(46)73/h8-12,15,17,19,26-28,31-32,36,39,41,43,45-46,60H,4-7,13-14,16,18,20-25,29-30H2,1-3H3,(H2,58,68)(H,59,70)(H,61,72)(H,62,71)(H,63,69,73)(H2,78,79,80)/t32?,36?,39-,41+,43+,45+,46?/m1/s1. The molecule has 4 fully saturated rings. The maximum atomic E-state index is 15.1. The minimum Gasteiger partial charge on any atom is -0.370 e. The van der Waals surface area contributed by atoms with Gasteiger partial charge in [0.25, 0.3) is 11.4 Å². The van der Waals surface area contributed by atoms with Crippen molar-refractivity contribution in [2.75, 3.05) is 13.1 Å². The van der Waals surface area contributed by atoms with Gasteiger partial charge < -0.3 is 46.3 Å². The summed E-state index contributed by atoms with van der Waals surface area (Å²) >= 11 is 0. The van der Waals surface area contributed by atoms with Gasteiger partial charge in [0.15, 0.2) is 0 Å². The average molecular weight is 1130 g/mol. The van der Waals surface area contributed by atoms with Crippen LogP contribution in [0.5, 0.6) is 0 Å². The Hall–Kier alpha value is -7.75. The average Bonchev–Trinajstić information content (AvgIpc) is 4.26. The Labute approximate surface area is 466 Å². The summed E-state index contributed by atoms with van der Waals surface area (Å²) in [5.41, 5.74) is 8.00. The van der Waals surface area contributed by atoms with E-state index in [1.54, 1.807) is 11.9 Å². The number of hydrogen-bond donors (Lipinski definition) is 8. The number of carbonyl (C=O) groups excluding carboxylic acids is 9. The zero-order chi connectivity index (χ0) is 58.0. The van der Waals surface area contributed by atoms with Gasteiger partial charge in [0.2, 0.25) is 41.4 Å². The van der Waals surface area contributed by atoms with Crippen molar-refractivity contribution in [2.45, 2.75) is 140 Å². The van der Waals surface area contributed by atoms with Gasteiger partial charge in [-0.3, -0.25) is 62.2 Å². The second-order valence-electron chi connectivity index (χ2n) is 22.4. The van der Waals surface area contributed by atoms with Crippen LogP contribution in [-0.2, 0) is 58.1 Å². The van der Waals surface area contributed by atoms with Crippen LogP contribution in [0.2, 0.25) is 0 Å². The largest absolute Gasteiger partial charge is 0.396 e. The second-order valence-corrected chi connectivity index (χ2v) is 23.9. The Morgan fingerprint density at radius 1 is 0.840 bits per heavy atom. The molecule has 4 aliphatic rings. The first-order chi connectivity index (χ1) is 38.5. The van der Waals surface area contributed by atoms with Crippen molar-refractivity contribution in [2.24, 2.45) is 24.6 Å². The van der Waals surface area contributed by atoms with E-state index in [0.29, 0.717) is 60.5 Å². The highest BCUT2D eigenvalue weighted by Gasteiger charge is 2.47. The lowest BCUT2D eigenvalue weighted by Crippen LogP contribution is -2.62. The topological polar surface area (TPSA) is 335 Å². The third-order valence-corrected chi connectivity index (χ3v) is 17.4. The van der Waals surface area contributed by atoms with Crippen LogP contribution < -0.4 is 32.7 Å². The maximum Gasteiger partial charge on any atom is 0.396 e. The smallest absolute Gasteiger partial charge is 0.370 e. The zero-order valence-corrected chi connectivity index (χ0v) is 46.4. The molecule has 9 rings (SSSR count). The van der Waals surface area contributed by atoms with E-state index in [-0.39, 0.29) is 91.8 Å². The molecule has 430 valence electrons. The first-order valence-corrected chi connectivity index (χ1v) is 29.3. The number of aromatic nitrogens is 3. The summed E-state index contributed by atoms with van der Waals surface area (Å²) in [6.07, 6.45) is 5.18. The van der Waals surface area contributed by atoms with Crippen LogP contribution in [0.1, 0.15) is 140 Å². The number of amides is 8. The Morgan fingerprint density at radius 3 is 2.26 bits per heavy atom. The number of imidazole rings is 1. The lowest BCUT2D eigenvalue weighted by atomic mass is 9.79. The molecule has 1 unspecified atom stereocenters. The number of rotatable bonds is 18. The summed E-state index contributed by atoms with van der Waals surface area (Å²) in [5.74, 6) is -4.07. The van der Waals surface area contributed by atoms with Crippen LogP contribution in [0.3, 0.4) is 0 Å². The Morgan fingerprint density at radius 2 is 1.57 bits per heavy atom. The summed E-state index contributed by atoms with van der Waals surface area (Å²) in [6, 6.07) is 13.7. The number of imide groups is 1. The molecule has 3 saturated heterocycles. The predicted octanol–water partition coefficient (Wildman–Crippen LogP) is 3.44. The lowest BCUT2D eigenvalue weighted by Gasteiger charge is -2.40. The summed E-state index contributed by atoms with van der Waals surface area (Å²) in [5, 5.41) is 11.0. The number of carbonyl (C=O) groups is 9. The number of nitrogens with one attached hydrogen (secondary N) is 5. The second kappa shape index (κ2) is 24.1. The highest BCUT2D eigenvalue weighted by atomic mass is 31.2. The zero-order valence-electron chi connectivity index (χ0n) is 45.5.